The van der Waals surface area contributed by atoms with E-state index in [1.807, 2.05) is 18.2 Å². The van der Waals surface area contributed by atoms with Crippen LogP contribution < -0.4 is 5.32 Å². The van der Waals surface area contributed by atoms with E-state index in [0.717, 1.165) is 0 Å². The Balaban J connectivity index is 2.98. The van der Waals surface area contributed by atoms with Gasteiger partial charge in [0.2, 0.25) is 0 Å². The van der Waals surface area contributed by atoms with Crippen molar-refractivity contribution in [3.8, 4) is 6.07 Å². The van der Waals surface area contributed by atoms with Gasteiger partial charge in [0.05, 0.1) is 16.6 Å². The third-order valence-electron chi connectivity index (χ3n) is 3.79. The second kappa shape index (κ2) is 9.48. The van der Waals surface area contributed by atoms with E-state index < -0.39 is 4.92 Å². The second-order valence-corrected chi connectivity index (χ2v) is 5.82. The number of rotatable bonds is 10. The van der Waals surface area contributed by atoms with E-state index in [0.29, 0.717) is 31.2 Å². The van der Waals surface area contributed by atoms with Crippen LogP contribution in [0.5, 0.6) is 0 Å². The highest BCUT2D eigenvalue weighted by Gasteiger charge is 2.22. The Morgan fingerprint density at radius 1 is 1.38 bits per heavy atom. The molecule has 0 saturated carbocycles. The lowest BCUT2D eigenvalue weighted by atomic mass is 10.0. The number of nitrogens with zero attached hydrogens (tertiary/aromatic N) is 3. The Labute approximate surface area is 143 Å². The predicted molar refractivity (Wildman–Crippen MR) is 96.9 cm³/mol. The van der Waals surface area contributed by atoms with Crippen molar-refractivity contribution in [2.45, 2.75) is 19.9 Å². The molecule has 0 aliphatic heterocycles. The monoisotopic (exact) mass is 328 g/mol. The van der Waals surface area contributed by atoms with Gasteiger partial charge in [0.15, 0.2) is 0 Å². The maximum absolute atomic E-state index is 11.2. The van der Waals surface area contributed by atoms with Gasteiger partial charge in [-0.1, -0.05) is 26.0 Å². The van der Waals surface area contributed by atoms with Gasteiger partial charge >= 0.3 is 0 Å². The van der Waals surface area contributed by atoms with Crippen LogP contribution in [0, 0.1) is 27.4 Å². The molecule has 1 rings (SSSR count). The predicted octanol–water partition coefficient (Wildman–Crippen LogP) is 3.58. The zero-order valence-electron chi connectivity index (χ0n) is 14.2. The minimum Gasteiger partial charge on any atom is -0.378 e. The van der Waals surface area contributed by atoms with Gasteiger partial charge in [0.1, 0.15) is 5.69 Å². The van der Waals surface area contributed by atoms with Crippen LogP contribution in [0.4, 0.5) is 11.4 Å². The molecule has 0 spiro atoms. The van der Waals surface area contributed by atoms with Crippen LogP contribution in [-0.2, 0) is 0 Å². The van der Waals surface area contributed by atoms with Crippen molar-refractivity contribution < 1.29 is 4.92 Å². The summed E-state index contributed by atoms with van der Waals surface area (Å²) in [5.41, 5.74) is 0.602. The van der Waals surface area contributed by atoms with Crippen molar-refractivity contribution in [1.82, 2.24) is 4.90 Å². The molecular formula is C18H24N4O2. The van der Waals surface area contributed by atoms with E-state index in [1.165, 1.54) is 6.07 Å². The highest BCUT2D eigenvalue weighted by molar-refractivity contribution is 5.64. The van der Waals surface area contributed by atoms with Gasteiger partial charge in [-0.3, -0.25) is 15.0 Å². The van der Waals surface area contributed by atoms with Crippen LogP contribution in [0.2, 0.25) is 0 Å². The first-order valence-corrected chi connectivity index (χ1v) is 7.82. The van der Waals surface area contributed by atoms with Gasteiger partial charge in [0.25, 0.3) is 5.69 Å². The van der Waals surface area contributed by atoms with Crippen LogP contribution in [-0.4, -0.2) is 35.5 Å². The van der Waals surface area contributed by atoms with E-state index in [2.05, 4.69) is 37.2 Å². The number of nitro groups is 1. The Bertz CT molecular complexity index is 624. The lowest BCUT2D eigenvalue weighted by molar-refractivity contribution is -0.384. The van der Waals surface area contributed by atoms with Crippen molar-refractivity contribution in [3.63, 3.8) is 0 Å². The number of nitro benzene ring substituents is 1. The molecule has 0 radical (unpaired) electrons. The highest BCUT2D eigenvalue weighted by atomic mass is 16.6. The molecule has 128 valence electrons. The lowest BCUT2D eigenvalue weighted by Crippen LogP contribution is -2.43. The molecule has 0 bridgehead atoms. The first kappa shape index (κ1) is 19.4. The summed E-state index contributed by atoms with van der Waals surface area (Å²) in [6.45, 7) is 13.8. The molecule has 24 heavy (non-hydrogen) atoms. The molecule has 1 aromatic rings. The molecular weight excluding hydrogens is 304 g/mol. The Morgan fingerprint density at radius 3 is 2.46 bits per heavy atom. The molecule has 0 fully saturated rings. The molecule has 1 N–H and O–H groups in total. The number of nitriles is 1. The summed E-state index contributed by atoms with van der Waals surface area (Å²) >= 11 is 0. The minimum absolute atomic E-state index is 0.0875. The molecule has 0 aliphatic carbocycles. The summed E-state index contributed by atoms with van der Waals surface area (Å²) in [6, 6.07) is 6.53. The van der Waals surface area contributed by atoms with E-state index >= 15 is 0 Å². The number of benzene rings is 1. The topological polar surface area (TPSA) is 82.2 Å². The molecule has 1 aromatic carbocycles. The minimum atomic E-state index is -0.473. The summed E-state index contributed by atoms with van der Waals surface area (Å²) in [6.07, 6.45) is 3.67. The van der Waals surface area contributed by atoms with Gasteiger partial charge in [-0.15, -0.1) is 13.2 Å². The molecule has 1 unspecified atom stereocenters. The van der Waals surface area contributed by atoms with Crippen LogP contribution in [0.1, 0.15) is 19.4 Å². The van der Waals surface area contributed by atoms with E-state index in [4.69, 9.17) is 5.26 Å². The van der Waals surface area contributed by atoms with Crippen LogP contribution in [0.15, 0.2) is 43.5 Å². The first-order chi connectivity index (χ1) is 11.4. The molecule has 0 aromatic heterocycles. The second-order valence-electron chi connectivity index (χ2n) is 5.82. The summed E-state index contributed by atoms with van der Waals surface area (Å²) in [5, 5.41) is 23.3. The third-order valence-corrected chi connectivity index (χ3v) is 3.79. The fourth-order valence-electron chi connectivity index (χ4n) is 2.58. The van der Waals surface area contributed by atoms with Crippen molar-refractivity contribution in [1.29, 1.82) is 5.26 Å². The largest absolute Gasteiger partial charge is 0.378 e. The number of anilines is 1. The highest BCUT2D eigenvalue weighted by Crippen LogP contribution is 2.26. The zero-order valence-corrected chi connectivity index (χ0v) is 14.2. The number of hydrogen-bond donors (Lipinski definition) is 1. The van der Waals surface area contributed by atoms with Crippen molar-refractivity contribution in [3.05, 3.63) is 59.2 Å². The zero-order chi connectivity index (χ0) is 18.1. The normalized spacial score (nSPS) is 11.8. The van der Waals surface area contributed by atoms with Gasteiger partial charge in [-0.05, 0) is 18.1 Å². The Hall–Kier alpha value is -2.65. The maximum atomic E-state index is 11.2. The Kier molecular flexibility index (Phi) is 7.66. The van der Waals surface area contributed by atoms with E-state index in [-0.39, 0.29) is 17.3 Å². The summed E-state index contributed by atoms with van der Waals surface area (Å²) < 4.78 is 0. The van der Waals surface area contributed by atoms with Crippen molar-refractivity contribution >= 4 is 11.4 Å². The molecule has 0 saturated heterocycles. The average molecular weight is 328 g/mol. The van der Waals surface area contributed by atoms with Gasteiger partial charge in [0, 0.05) is 31.7 Å². The fraction of sp³-hybridized carbons (Fsp3) is 0.389. The summed E-state index contributed by atoms with van der Waals surface area (Å²) in [4.78, 5) is 13.0. The molecule has 0 amide bonds. The van der Waals surface area contributed by atoms with Gasteiger partial charge in [-0.25, -0.2) is 0 Å². The maximum Gasteiger partial charge on any atom is 0.293 e. The molecule has 0 heterocycles. The third kappa shape index (κ3) is 5.21. The lowest BCUT2D eigenvalue weighted by Gasteiger charge is -2.33. The fourth-order valence-corrected chi connectivity index (χ4v) is 2.58. The number of nitrogens with one attached hydrogen (secondary N) is 1. The molecule has 6 heteroatoms. The van der Waals surface area contributed by atoms with Crippen molar-refractivity contribution in [2.24, 2.45) is 5.92 Å². The van der Waals surface area contributed by atoms with Crippen molar-refractivity contribution in [2.75, 3.05) is 25.0 Å². The molecule has 6 nitrogen and oxygen atoms in total. The van der Waals surface area contributed by atoms with Crippen LogP contribution in [0.3, 0.4) is 0 Å². The Morgan fingerprint density at radius 2 is 2.00 bits per heavy atom. The van der Waals surface area contributed by atoms with Gasteiger partial charge < -0.3 is 5.32 Å². The van der Waals surface area contributed by atoms with Crippen LogP contribution >= 0.6 is 0 Å². The summed E-state index contributed by atoms with van der Waals surface area (Å²) in [7, 11) is 0. The first-order valence-electron chi connectivity index (χ1n) is 7.82. The van der Waals surface area contributed by atoms with E-state index in [1.54, 1.807) is 12.1 Å². The van der Waals surface area contributed by atoms with Gasteiger partial charge in [-0.2, -0.15) is 5.26 Å². The van der Waals surface area contributed by atoms with Crippen LogP contribution in [0.25, 0.3) is 0 Å². The molecule has 0 aliphatic rings. The standard InChI is InChI=1S/C18H24N4O2/c1-5-9-21(10-6-2)18(14(3)4)13-20-16-8-7-15(12-19)11-17(16)22(23)24/h5-8,11,14,18,20H,1-2,9-10,13H2,3-4H3. The SMILES string of the molecule is C=CCN(CC=C)C(CNc1ccc(C#N)cc1[N+](=O)[O-])C(C)C. The summed E-state index contributed by atoms with van der Waals surface area (Å²) in [5.74, 6) is 0.342. The van der Waals surface area contributed by atoms with E-state index in [9.17, 15) is 10.1 Å². The average Bonchev–Trinajstić information content (AvgIpc) is 2.55. The quantitative estimate of drug-likeness (QED) is 0.403. The molecule has 1 atom stereocenters. The smallest absolute Gasteiger partial charge is 0.293 e. The number of hydrogen-bond acceptors (Lipinski definition) is 5.